The van der Waals surface area contributed by atoms with Gasteiger partial charge in [-0.1, -0.05) is 0 Å². The van der Waals surface area contributed by atoms with Gasteiger partial charge in [0.05, 0.1) is 19.8 Å². The van der Waals surface area contributed by atoms with Crippen LogP contribution in [0.2, 0.25) is 0 Å². The molecule has 10 atom stereocenters. The molecule has 2 rings (SSSR count). The first-order valence-electron chi connectivity index (χ1n) is 8.75. The van der Waals surface area contributed by atoms with Crippen LogP contribution >= 0.6 is 0 Å². The van der Waals surface area contributed by atoms with Crippen molar-refractivity contribution in [3.8, 4) is 0 Å². The van der Waals surface area contributed by atoms with Gasteiger partial charge in [-0.25, -0.2) is 0 Å². The summed E-state index contributed by atoms with van der Waals surface area (Å²) in [5.74, 6) is 0. The Morgan fingerprint density at radius 3 is 1.93 bits per heavy atom. The first kappa shape index (κ1) is 22.8. The Bertz CT molecular complexity index is 440. The fourth-order valence-corrected chi connectivity index (χ4v) is 2.98. The van der Waals surface area contributed by atoms with E-state index in [0.717, 1.165) is 0 Å². The lowest BCUT2D eigenvalue weighted by atomic mass is 9.97. The van der Waals surface area contributed by atoms with E-state index >= 15 is 0 Å². The van der Waals surface area contributed by atoms with Gasteiger partial charge in [0.15, 0.2) is 12.6 Å². The van der Waals surface area contributed by atoms with Gasteiger partial charge in [-0.15, -0.1) is 0 Å². The van der Waals surface area contributed by atoms with Gasteiger partial charge in [-0.2, -0.15) is 0 Å². The lowest BCUT2D eigenvalue weighted by Gasteiger charge is -2.45. The molecule has 12 heteroatoms. The maximum Gasteiger partial charge on any atom is 0.187 e. The molecule has 2 aliphatic heterocycles. The lowest BCUT2D eigenvalue weighted by Crippen LogP contribution is -2.64. The van der Waals surface area contributed by atoms with Crippen molar-refractivity contribution < 1.29 is 54.7 Å². The standard InChI is InChI=1S/C15H29NO11/c16-2-1-3-24-14-12(23)10(21)13(7(5-18)26-14)27-15-11(22)9(20)8(19)6(4-17)25-15/h6-15,17-23H,1-5,16H2/t6?,7?,8-,9?,10?,11-,12?,13+,14+,15-/m0/s1. The molecule has 0 aliphatic carbocycles. The SMILES string of the molecule is NCCCO[C@@H]1OC(CO)[C@@H](O[C@@H]2OC(CO)[C@H](O)C(O)[C@@H]2O)C(O)C1O. The first-order chi connectivity index (χ1) is 12.8. The topological polar surface area (TPSA) is 205 Å². The van der Waals surface area contributed by atoms with E-state index in [1.807, 2.05) is 0 Å². The number of rotatable bonds is 8. The van der Waals surface area contributed by atoms with Gasteiger partial charge < -0.3 is 60.4 Å². The summed E-state index contributed by atoms with van der Waals surface area (Å²) < 4.78 is 21.3. The Labute approximate surface area is 155 Å². The minimum atomic E-state index is -1.70. The van der Waals surface area contributed by atoms with Gasteiger partial charge in [0, 0.05) is 0 Å². The number of hydrogen-bond acceptors (Lipinski definition) is 12. The molecule has 0 aromatic heterocycles. The van der Waals surface area contributed by atoms with E-state index < -0.39 is 74.6 Å². The highest BCUT2D eigenvalue weighted by molar-refractivity contribution is 4.94. The van der Waals surface area contributed by atoms with Crippen molar-refractivity contribution in [2.75, 3.05) is 26.4 Å². The first-order valence-corrected chi connectivity index (χ1v) is 8.75. The molecule has 160 valence electrons. The van der Waals surface area contributed by atoms with E-state index in [0.29, 0.717) is 13.0 Å². The van der Waals surface area contributed by atoms with Gasteiger partial charge in [0.2, 0.25) is 0 Å². The predicted octanol–water partition coefficient (Wildman–Crippen LogP) is -5.02. The molecular weight excluding hydrogens is 370 g/mol. The normalized spacial score (nSPS) is 45.8. The van der Waals surface area contributed by atoms with Crippen molar-refractivity contribution in [2.45, 2.75) is 67.8 Å². The van der Waals surface area contributed by atoms with Crippen LogP contribution in [0, 0.1) is 0 Å². The number of ether oxygens (including phenoxy) is 4. The van der Waals surface area contributed by atoms with E-state index in [2.05, 4.69) is 0 Å². The molecule has 0 bridgehead atoms. The third-order valence-corrected chi connectivity index (χ3v) is 4.59. The fraction of sp³-hybridized carbons (Fsp3) is 1.00. The summed E-state index contributed by atoms with van der Waals surface area (Å²) in [7, 11) is 0. The van der Waals surface area contributed by atoms with Gasteiger partial charge >= 0.3 is 0 Å². The Morgan fingerprint density at radius 2 is 1.33 bits per heavy atom. The van der Waals surface area contributed by atoms with Crippen molar-refractivity contribution in [1.29, 1.82) is 0 Å². The van der Waals surface area contributed by atoms with Crippen molar-refractivity contribution in [2.24, 2.45) is 5.73 Å². The molecular formula is C15H29NO11. The highest BCUT2D eigenvalue weighted by Gasteiger charge is 2.50. The second-order valence-corrected chi connectivity index (χ2v) is 6.52. The summed E-state index contributed by atoms with van der Waals surface area (Å²) in [5, 5.41) is 68.9. The summed E-state index contributed by atoms with van der Waals surface area (Å²) in [6.45, 7) is -0.737. The molecule has 12 nitrogen and oxygen atoms in total. The summed E-state index contributed by atoms with van der Waals surface area (Å²) in [5.41, 5.74) is 5.36. The number of hydrogen-bond donors (Lipinski definition) is 8. The minimum absolute atomic E-state index is 0.168. The summed E-state index contributed by atoms with van der Waals surface area (Å²) in [6, 6.07) is 0. The smallest absolute Gasteiger partial charge is 0.187 e. The van der Waals surface area contributed by atoms with Gasteiger partial charge in [-0.3, -0.25) is 0 Å². The lowest BCUT2D eigenvalue weighted by molar-refractivity contribution is -0.359. The van der Waals surface area contributed by atoms with Crippen LogP contribution < -0.4 is 5.73 Å². The second-order valence-electron chi connectivity index (χ2n) is 6.52. The Balaban J connectivity index is 2.06. The number of nitrogens with two attached hydrogens (primary N) is 1. The zero-order valence-electron chi connectivity index (χ0n) is 14.6. The number of aliphatic hydroxyl groups excluding tert-OH is 7. The molecule has 5 unspecified atom stereocenters. The average molecular weight is 399 g/mol. The van der Waals surface area contributed by atoms with Crippen LogP contribution in [0.1, 0.15) is 6.42 Å². The van der Waals surface area contributed by atoms with Crippen LogP contribution in [-0.4, -0.2) is 124 Å². The third kappa shape index (κ3) is 5.12. The summed E-state index contributed by atoms with van der Waals surface area (Å²) in [4.78, 5) is 0. The zero-order valence-corrected chi connectivity index (χ0v) is 14.6. The monoisotopic (exact) mass is 399 g/mol. The molecule has 2 heterocycles. The molecule has 0 saturated carbocycles. The minimum Gasteiger partial charge on any atom is -0.394 e. The molecule has 27 heavy (non-hydrogen) atoms. The van der Waals surface area contributed by atoms with Crippen LogP contribution in [-0.2, 0) is 18.9 Å². The highest BCUT2D eigenvalue weighted by atomic mass is 16.7. The Kier molecular flexibility index (Phi) is 8.73. The van der Waals surface area contributed by atoms with E-state index in [1.54, 1.807) is 0 Å². The quantitative estimate of drug-likeness (QED) is 0.181. The third-order valence-electron chi connectivity index (χ3n) is 4.59. The molecule has 2 saturated heterocycles. The van der Waals surface area contributed by atoms with Crippen molar-refractivity contribution in [1.82, 2.24) is 0 Å². The van der Waals surface area contributed by atoms with Crippen LogP contribution in [0.5, 0.6) is 0 Å². The van der Waals surface area contributed by atoms with E-state index in [-0.39, 0.29) is 6.61 Å². The van der Waals surface area contributed by atoms with Crippen molar-refractivity contribution >= 4 is 0 Å². The average Bonchev–Trinajstić information content (AvgIpc) is 2.67. The molecule has 0 radical (unpaired) electrons. The molecule has 2 aliphatic rings. The van der Waals surface area contributed by atoms with E-state index in [4.69, 9.17) is 24.7 Å². The van der Waals surface area contributed by atoms with Crippen molar-refractivity contribution in [3.63, 3.8) is 0 Å². The van der Waals surface area contributed by atoms with Crippen LogP contribution in [0.15, 0.2) is 0 Å². The largest absolute Gasteiger partial charge is 0.394 e. The second kappa shape index (κ2) is 10.3. The summed E-state index contributed by atoms with van der Waals surface area (Å²) >= 11 is 0. The predicted molar refractivity (Wildman–Crippen MR) is 86.0 cm³/mol. The van der Waals surface area contributed by atoms with Crippen molar-refractivity contribution in [3.05, 3.63) is 0 Å². The van der Waals surface area contributed by atoms with E-state index in [9.17, 15) is 35.7 Å². The van der Waals surface area contributed by atoms with E-state index in [1.165, 1.54) is 0 Å². The fourth-order valence-electron chi connectivity index (χ4n) is 2.98. The molecule has 0 spiro atoms. The summed E-state index contributed by atoms with van der Waals surface area (Å²) in [6.07, 6.45) is -14.0. The number of aliphatic hydroxyl groups is 7. The highest BCUT2D eigenvalue weighted by Crippen LogP contribution is 2.29. The molecule has 2 fully saturated rings. The molecule has 0 amide bonds. The van der Waals surface area contributed by atoms with Gasteiger partial charge in [0.1, 0.15) is 48.8 Å². The Morgan fingerprint density at radius 1 is 0.741 bits per heavy atom. The van der Waals surface area contributed by atoms with Crippen LogP contribution in [0.4, 0.5) is 0 Å². The Hall–Kier alpha value is -0.480. The van der Waals surface area contributed by atoms with Crippen LogP contribution in [0.25, 0.3) is 0 Å². The maximum atomic E-state index is 10.4. The molecule has 0 aromatic rings. The van der Waals surface area contributed by atoms with Gasteiger partial charge in [0.25, 0.3) is 0 Å². The maximum absolute atomic E-state index is 10.4. The van der Waals surface area contributed by atoms with Gasteiger partial charge in [-0.05, 0) is 13.0 Å². The zero-order chi connectivity index (χ0) is 20.1. The molecule has 0 aromatic carbocycles. The van der Waals surface area contributed by atoms with Crippen LogP contribution in [0.3, 0.4) is 0 Å². The molecule has 9 N–H and O–H groups in total.